The first kappa shape index (κ1) is 29.2. The lowest BCUT2D eigenvalue weighted by Gasteiger charge is -2.37. The number of non-ortho nitro benzene ring substituents is 1. The number of amides is 2. The third kappa shape index (κ3) is 6.50. The molecule has 2 amide bonds. The number of nitro groups is 1. The van der Waals surface area contributed by atoms with Crippen LogP contribution in [0, 0.1) is 10.1 Å². The molecule has 214 valence electrons. The number of hydrogen-bond acceptors (Lipinski definition) is 8. The van der Waals surface area contributed by atoms with Crippen molar-refractivity contribution in [3.8, 4) is 11.6 Å². The fourth-order valence-electron chi connectivity index (χ4n) is 4.41. The molecule has 1 unspecified atom stereocenters. The summed E-state index contributed by atoms with van der Waals surface area (Å²) in [6, 6.07) is 14.7. The van der Waals surface area contributed by atoms with E-state index in [1.165, 1.54) is 67.4 Å². The maximum atomic E-state index is 13.2. The highest BCUT2D eigenvalue weighted by molar-refractivity contribution is 7.89. The number of carbonyl (C=O) groups excluding carboxylic acids is 1. The van der Waals surface area contributed by atoms with Crippen LogP contribution in [-0.4, -0.2) is 64.8 Å². The minimum absolute atomic E-state index is 0.00502. The summed E-state index contributed by atoms with van der Waals surface area (Å²) in [5.41, 5.74) is -0.0256. The van der Waals surface area contributed by atoms with E-state index in [4.69, 9.17) is 4.74 Å². The van der Waals surface area contributed by atoms with Gasteiger partial charge in [0.1, 0.15) is 5.75 Å². The number of carboxylic acid groups (broad SMARTS) is 1. The zero-order valence-corrected chi connectivity index (χ0v) is 22.9. The van der Waals surface area contributed by atoms with Gasteiger partial charge in [-0.2, -0.15) is 0 Å². The highest BCUT2D eigenvalue weighted by Gasteiger charge is 2.38. The lowest BCUT2D eigenvalue weighted by molar-refractivity contribution is -0.384. The van der Waals surface area contributed by atoms with E-state index in [1.54, 1.807) is 24.4 Å². The van der Waals surface area contributed by atoms with E-state index in [2.05, 4.69) is 10.3 Å². The van der Waals surface area contributed by atoms with Crippen molar-refractivity contribution in [2.24, 2.45) is 0 Å². The van der Waals surface area contributed by atoms with Crippen molar-refractivity contribution >= 4 is 27.7 Å². The van der Waals surface area contributed by atoms with Gasteiger partial charge in [-0.3, -0.25) is 10.1 Å². The molecule has 4 rings (SSSR count). The molecule has 2 heterocycles. The molecule has 2 N–H and O–H groups in total. The van der Waals surface area contributed by atoms with Gasteiger partial charge in [-0.15, -0.1) is 0 Å². The number of nitro benzene ring substituents is 1. The molecule has 0 fully saturated rings. The van der Waals surface area contributed by atoms with Crippen molar-refractivity contribution in [1.82, 2.24) is 19.5 Å². The van der Waals surface area contributed by atoms with E-state index in [9.17, 15) is 33.2 Å². The first-order valence-electron chi connectivity index (χ1n) is 12.4. The summed E-state index contributed by atoms with van der Waals surface area (Å²) < 4.78 is 33.0. The number of carboxylic acids is 1. The molecular formula is C27H27N5O8S. The van der Waals surface area contributed by atoms with Crippen molar-refractivity contribution in [2.75, 3.05) is 20.1 Å². The molecule has 3 aromatic rings. The van der Waals surface area contributed by atoms with E-state index in [0.29, 0.717) is 11.6 Å². The Bertz CT molecular complexity index is 1590. The summed E-state index contributed by atoms with van der Waals surface area (Å²) in [7, 11) is -2.50. The molecule has 1 aliphatic rings. The molecule has 0 saturated heterocycles. The Balaban J connectivity index is 1.48. The molecular weight excluding hydrogens is 554 g/mol. The highest BCUT2D eigenvalue weighted by Crippen LogP contribution is 2.35. The van der Waals surface area contributed by atoms with Gasteiger partial charge in [-0.05, 0) is 49.2 Å². The standard InChI is InChI=1S/C27H27N5O8S/c1-18-24(26(33)34)25(19-7-5-8-20(17-19)32(36)37)31(27(35)29-18)16-6-15-30(2)41(38,39)22-12-10-21(11-13-22)40-23-9-3-4-14-28-23/h3-5,7-14,17,25H,6,15-16H2,1-2H3,(H,29,35)(H,33,34). The molecule has 0 saturated carbocycles. The van der Waals surface area contributed by atoms with Crippen LogP contribution in [0.5, 0.6) is 11.6 Å². The SMILES string of the molecule is CC1=C(C(=O)O)C(c2cccc([N+](=O)[O-])c2)N(CCCN(C)S(=O)(=O)c2ccc(Oc3ccccn3)cc2)C(=O)N1. The molecule has 13 nitrogen and oxygen atoms in total. The Hall–Kier alpha value is -4.82. The third-order valence-electron chi connectivity index (χ3n) is 6.44. The van der Waals surface area contributed by atoms with Crippen LogP contribution in [0.1, 0.15) is 24.9 Å². The Labute approximate surface area is 235 Å². The lowest BCUT2D eigenvalue weighted by Crippen LogP contribution is -2.49. The van der Waals surface area contributed by atoms with Crippen molar-refractivity contribution in [1.29, 1.82) is 0 Å². The first-order valence-corrected chi connectivity index (χ1v) is 13.8. The molecule has 2 aromatic carbocycles. The highest BCUT2D eigenvalue weighted by atomic mass is 32.2. The number of aliphatic carboxylic acids is 1. The number of rotatable bonds is 11. The van der Waals surface area contributed by atoms with Gasteiger partial charge >= 0.3 is 12.0 Å². The molecule has 0 radical (unpaired) electrons. The van der Waals surface area contributed by atoms with Crippen LogP contribution in [0.15, 0.2) is 89.1 Å². The third-order valence-corrected chi connectivity index (χ3v) is 8.31. The largest absolute Gasteiger partial charge is 0.478 e. The Morgan fingerprint density at radius 3 is 2.54 bits per heavy atom. The lowest BCUT2D eigenvalue weighted by atomic mass is 9.93. The fourth-order valence-corrected chi connectivity index (χ4v) is 5.62. The predicted octanol–water partition coefficient (Wildman–Crippen LogP) is 3.92. The average Bonchev–Trinajstić information content (AvgIpc) is 2.94. The van der Waals surface area contributed by atoms with Crippen LogP contribution >= 0.6 is 0 Å². The van der Waals surface area contributed by atoms with Gasteiger partial charge in [0.2, 0.25) is 15.9 Å². The summed E-state index contributed by atoms with van der Waals surface area (Å²) in [5.74, 6) is -0.521. The molecule has 0 bridgehead atoms. The van der Waals surface area contributed by atoms with Gasteiger partial charge in [-0.1, -0.05) is 18.2 Å². The first-order chi connectivity index (χ1) is 19.5. The summed E-state index contributed by atoms with van der Waals surface area (Å²) in [6.07, 6.45) is 1.73. The van der Waals surface area contributed by atoms with Gasteiger partial charge < -0.3 is 20.1 Å². The maximum absolute atomic E-state index is 13.2. The minimum Gasteiger partial charge on any atom is -0.478 e. The smallest absolute Gasteiger partial charge is 0.335 e. The van der Waals surface area contributed by atoms with Crippen LogP contribution in [-0.2, 0) is 14.8 Å². The number of sulfonamides is 1. The van der Waals surface area contributed by atoms with E-state index in [1.807, 2.05) is 0 Å². The summed E-state index contributed by atoms with van der Waals surface area (Å²) in [5, 5.41) is 23.8. The second-order valence-electron chi connectivity index (χ2n) is 9.14. The van der Waals surface area contributed by atoms with Crippen LogP contribution in [0.4, 0.5) is 10.5 Å². The summed E-state index contributed by atoms with van der Waals surface area (Å²) in [6.45, 7) is 1.42. The van der Waals surface area contributed by atoms with Crippen molar-refractivity contribution in [3.05, 3.63) is 99.9 Å². The Morgan fingerprint density at radius 1 is 1.17 bits per heavy atom. The minimum atomic E-state index is -3.89. The van der Waals surface area contributed by atoms with Crippen molar-refractivity contribution in [3.63, 3.8) is 0 Å². The molecule has 1 aliphatic heterocycles. The topological polar surface area (TPSA) is 172 Å². The predicted molar refractivity (Wildman–Crippen MR) is 147 cm³/mol. The van der Waals surface area contributed by atoms with Crippen LogP contribution < -0.4 is 10.1 Å². The number of aromatic nitrogens is 1. The van der Waals surface area contributed by atoms with E-state index in [-0.39, 0.29) is 46.9 Å². The van der Waals surface area contributed by atoms with Gasteiger partial charge in [0.15, 0.2) is 0 Å². The normalized spacial score (nSPS) is 15.5. The van der Waals surface area contributed by atoms with E-state index < -0.39 is 33.0 Å². The van der Waals surface area contributed by atoms with Gasteiger partial charge in [0.25, 0.3) is 5.69 Å². The molecule has 41 heavy (non-hydrogen) atoms. The number of carbonyl (C=O) groups is 2. The number of allylic oxidation sites excluding steroid dienone is 1. The van der Waals surface area contributed by atoms with Crippen LogP contribution in [0.2, 0.25) is 0 Å². The zero-order valence-electron chi connectivity index (χ0n) is 22.1. The summed E-state index contributed by atoms with van der Waals surface area (Å²) >= 11 is 0. The number of pyridine rings is 1. The number of ether oxygens (including phenoxy) is 1. The fraction of sp³-hybridized carbons (Fsp3) is 0.222. The van der Waals surface area contributed by atoms with Crippen molar-refractivity contribution < 1.29 is 32.8 Å². The maximum Gasteiger partial charge on any atom is 0.335 e. The van der Waals surface area contributed by atoms with E-state index in [0.717, 1.165) is 4.31 Å². The molecule has 1 atom stereocenters. The Kier molecular flexibility index (Phi) is 8.64. The quantitative estimate of drug-likeness (QED) is 0.251. The Morgan fingerprint density at radius 2 is 1.90 bits per heavy atom. The molecule has 14 heteroatoms. The number of hydrogen-bond donors (Lipinski definition) is 2. The van der Waals surface area contributed by atoms with Crippen LogP contribution in [0.25, 0.3) is 0 Å². The number of urea groups is 1. The average molecular weight is 582 g/mol. The summed E-state index contributed by atoms with van der Waals surface area (Å²) in [4.78, 5) is 41.1. The van der Waals surface area contributed by atoms with Crippen LogP contribution in [0.3, 0.4) is 0 Å². The molecule has 1 aromatic heterocycles. The van der Waals surface area contributed by atoms with Gasteiger partial charge in [0.05, 0.1) is 21.4 Å². The second-order valence-corrected chi connectivity index (χ2v) is 11.2. The zero-order chi connectivity index (χ0) is 29.7. The number of nitrogens with one attached hydrogen (secondary N) is 1. The van der Waals surface area contributed by atoms with Gasteiger partial charge in [-0.25, -0.2) is 27.3 Å². The van der Waals surface area contributed by atoms with Gasteiger partial charge in [0, 0.05) is 50.2 Å². The number of benzene rings is 2. The van der Waals surface area contributed by atoms with E-state index >= 15 is 0 Å². The molecule has 0 spiro atoms. The monoisotopic (exact) mass is 581 g/mol. The number of nitrogens with zero attached hydrogens (tertiary/aromatic N) is 4. The molecule has 0 aliphatic carbocycles. The second kappa shape index (κ2) is 12.1. The van der Waals surface area contributed by atoms with Crippen molar-refractivity contribution in [2.45, 2.75) is 24.3 Å².